The average Bonchev–Trinajstić information content (AvgIpc) is 2.47. The molecule has 0 unspecified atom stereocenters. The monoisotopic (exact) mass is 277 g/mol. The summed E-state index contributed by atoms with van der Waals surface area (Å²) in [6, 6.07) is 10.1. The minimum Gasteiger partial charge on any atom is -0.355 e. The third-order valence-corrected chi connectivity index (χ3v) is 4.83. The molecule has 0 spiro atoms. The van der Waals surface area contributed by atoms with E-state index in [1.54, 1.807) is 11.8 Å². The van der Waals surface area contributed by atoms with Crippen LogP contribution in [-0.4, -0.2) is 17.7 Å². The zero-order valence-electron chi connectivity index (χ0n) is 11.6. The SMILES string of the molecule is C[C@H](Sc1ccccc1)C(=O)NCC1CCCCC1. The fraction of sp³-hybridized carbons (Fsp3) is 0.562. The minimum atomic E-state index is -0.0222. The quantitative estimate of drug-likeness (QED) is 0.828. The number of carbonyl (C=O) groups excluding carboxylic acids is 1. The van der Waals surface area contributed by atoms with Crippen molar-refractivity contribution in [2.75, 3.05) is 6.54 Å². The summed E-state index contributed by atoms with van der Waals surface area (Å²) < 4.78 is 0. The molecule has 0 aliphatic heterocycles. The first-order chi connectivity index (χ1) is 9.25. The van der Waals surface area contributed by atoms with Gasteiger partial charge in [0.2, 0.25) is 5.91 Å². The highest BCUT2D eigenvalue weighted by Crippen LogP contribution is 2.24. The molecular weight excluding hydrogens is 254 g/mol. The van der Waals surface area contributed by atoms with Gasteiger partial charge in [-0.1, -0.05) is 37.5 Å². The Kier molecular flexibility index (Phi) is 5.77. The molecule has 1 aliphatic rings. The Morgan fingerprint density at radius 3 is 2.63 bits per heavy atom. The summed E-state index contributed by atoms with van der Waals surface area (Å²) in [7, 11) is 0. The lowest BCUT2D eigenvalue weighted by molar-refractivity contribution is -0.120. The van der Waals surface area contributed by atoms with Crippen LogP contribution in [0.2, 0.25) is 0 Å². The van der Waals surface area contributed by atoms with E-state index < -0.39 is 0 Å². The smallest absolute Gasteiger partial charge is 0.233 e. The Hall–Kier alpha value is -0.960. The highest BCUT2D eigenvalue weighted by Gasteiger charge is 2.17. The molecule has 1 aromatic rings. The number of nitrogens with one attached hydrogen (secondary N) is 1. The fourth-order valence-electron chi connectivity index (χ4n) is 2.54. The Bertz CT molecular complexity index is 387. The predicted molar refractivity (Wildman–Crippen MR) is 81.3 cm³/mol. The molecule has 104 valence electrons. The van der Waals surface area contributed by atoms with Crippen molar-refractivity contribution in [3.8, 4) is 0 Å². The number of hydrogen-bond donors (Lipinski definition) is 1. The second-order valence-corrected chi connectivity index (χ2v) is 6.74. The van der Waals surface area contributed by atoms with Crippen LogP contribution < -0.4 is 5.32 Å². The van der Waals surface area contributed by atoms with Gasteiger partial charge in [0.05, 0.1) is 5.25 Å². The van der Waals surface area contributed by atoms with Crippen LogP contribution in [0.5, 0.6) is 0 Å². The van der Waals surface area contributed by atoms with Gasteiger partial charge >= 0.3 is 0 Å². The first kappa shape index (κ1) is 14.4. The lowest BCUT2D eigenvalue weighted by Gasteiger charge is -2.22. The Balaban J connectivity index is 1.73. The molecule has 2 rings (SSSR count). The Labute approximate surface area is 120 Å². The van der Waals surface area contributed by atoms with Gasteiger partial charge in [-0.15, -0.1) is 11.8 Å². The summed E-state index contributed by atoms with van der Waals surface area (Å²) >= 11 is 1.63. The maximum Gasteiger partial charge on any atom is 0.233 e. The van der Waals surface area contributed by atoms with E-state index >= 15 is 0 Å². The Morgan fingerprint density at radius 2 is 1.95 bits per heavy atom. The van der Waals surface area contributed by atoms with Crippen LogP contribution in [0, 0.1) is 5.92 Å². The van der Waals surface area contributed by atoms with Crippen LogP contribution in [0.15, 0.2) is 35.2 Å². The van der Waals surface area contributed by atoms with Crippen molar-refractivity contribution in [1.82, 2.24) is 5.32 Å². The maximum absolute atomic E-state index is 12.1. The molecule has 1 aliphatic carbocycles. The molecule has 0 aromatic heterocycles. The van der Waals surface area contributed by atoms with Crippen molar-refractivity contribution in [1.29, 1.82) is 0 Å². The van der Waals surface area contributed by atoms with E-state index in [0.717, 1.165) is 11.4 Å². The zero-order valence-corrected chi connectivity index (χ0v) is 12.4. The highest BCUT2D eigenvalue weighted by atomic mass is 32.2. The Morgan fingerprint density at radius 1 is 1.26 bits per heavy atom. The van der Waals surface area contributed by atoms with Crippen LogP contribution in [0.25, 0.3) is 0 Å². The number of carbonyl (C=O) groups is 1. The third kappa shape index (κ3) is 4.90. The van der Waals surface area contributed by atoms with E-state index in [1.165, 1.54) is 32.1 Å². The molecule has 19 heavy (non-hydrogen) atoms. The molecule has 1 saturated carbocycles. The minimum absolute atomic E-state index is 0.0222. The molecular formula is C16H23NOS. The maximum atomic E-state index is 12.1. The molecule has 0 bridgehead atoms. The van der Waals surface area contributed by atoms with Crippen molar-refractivity contribution in [3.05, 3.63) is 30.3 Å². The first-order valence-electron chi connectivity index (χ1n) is 7.25. The summed E-state index contributed by atoms with van der Waals surface area (Å²) in [4.78, 5) is 13.2. The normalized spacial score (nSPS) is 17.9. The molecule has 0 heterocycles. The topological polar surface area (TPSA) is 29.1 Å². The molecule has 2 nitrogen and oxygen atoms in total. The average molecular weight is 277 g/mol. The van der Waals surface area contributed by atoms with Gasteiger partial charge < -0.3 is 5.32 Å². The summed E-state index contributed by atoms with van der Waals surface area (Å²) in [6.07, 6.45) is 6.58. The fourth-order valence-corrected chi connectivity index (χ4v) is 3.45. The van der Waals surface area contributed by atoms with Crippen LogP contribution in [0.1, 0.15) is 39.0 Å². The second-order valence-electron chi connectivity index (χ2n) is 5.32. The highest BCUT2D eigenvalue weighted by molar-refractivity contribution is 8.00. The van der Waals surface area contributed by atoms with E-state index in [1.807, 2.05) is 25.1 Å². The van der Waals surface area contributed by atoms with Crippen molar-refractivity contribution in [2.24, 2.45) is 5.92 Å². The molecule has 1 N–H and O–H groups in total. The molecule has 1 aromatic carbocycles. The lowest BCUT2D eigenvalue weighted by atomic mass is 9.89. The van der Waals surface area contributed by atoms with E-state index in [9.17, 15) is 4.79 Å². The molecule has 1 amide bonds. The van der Waals surface area contributed by atoms with E-state index in [0.29, 0.717) is 5.92 Å². The van der Waals surface area contributed by atoms with Crippen molar-refractivity contribution in [3.63, 3.8) is 0 Å². The van der Waals surface area contributed by atoms with Gasteiger partial charge in [0.1, 0.15) is 0 Å². The van der Waals surface area contributed by atoms with E-state index in [4.69, 9.17) is 0 Å². The molecule has 0 radical (unpaired) electrons. The first-order valence-corrected chi connectivity index (χ1v) is 8.13. The van der Waals surface area contributed by atoms with Crippen LogP contribution in [0.4, 0.5) is 0 Å². The standard InChI is InChI=1S/C16H23NOS/c1-13(19-15-10-6-3-7-11-15)16(18)17-12-14-8-4-2-5-9-14/h3,6-7,10-11,13-14H,2,4-5,8-9,12H2,1H3,(H,17,18)/t13-/m0/s1. The predicted octanol–water partition coefficient (Wildman–Crippen LogP) is 3.86. The van der Waals surface area contributed by atoms with E-state index in [-0.39, 0.29) is 11.2 Å². The number of amides is 1. The van der Waals surface area contributed by atoms with Crippen molar-refractivity contribution >= 4 is 17.7 Å². The number of rotatable bonds is 5. The number of hydrogen-bond acceptors (Lipinski definition) is 2. The van der Waals surface area contributed by atoms with Gasteiger partial charge in [0, 0.05) is 11.4 Å². The molecule has 1 atom stereocenters. The van der Waals surface area contributed by atoms with Crippen LogP contribution in [0.3, 0.4) is 0 Å². The zero-order chi connectivity index (χ0) is 13.5. The molecule has 3 heteroatoms. The van der Waals surface area contributed by atoms with Crippen LogP contribution >= 0.6 is 11.8 Å². The number of benzene rings is 1. The summed E-state index contributed by atoms with van der Waals surface area (Å²) in [6.45, 7) is 2.84. The van der Waals surface area contributed by atoms with Gasteiger partial charge in [0.15, 0.2) is 0 Å². The van der Waals surface area contributed by atoms with Gasteiger partial charge in [-0.25, -0.2) is 0 Å². The summed E-state index contributed by atoms with van der Waals surface area (Å²) in [5, 5.41) is 3.09. The lowest BCUT2D eigenvalue weighted by Crippen LogP contribution is -2.35. The second kappa shape index (κ2) is 7.59. The molecule has 0 saturated heterocycles. The van der Waals surface area contributed by atoms with Gasteiger partial charge in [-0.3, -0.25) is 4.79 Å². The van der Waals surface area contributed by atoms with E-state index in [2.05, 4.69) is 17.4 Å². The largest absolute Gasteiger partial charge is 0.355 e. The van der Waals surface area contributed by atoms with Crippen molar-refractivity contribution < 1.29 is 4.79 Å². The van der Waals surface area contributed by atoms with Gasteiger partial charge in [0.25, 0.3) is 0 Å². The third-order valence-electron chi connectivity index (χ3n) is 3.72. The van der Waals surface area contributed by atoms with Crippen LogP contribution in [-0.2, 0) is 4.79 Å². The van der Waals surface area contributed by atoms with Gasteiger partial charge in [-0.05, 0) is 37.8 Å². The van der Waals surface area contributed by atoms with Gasteiger partial charge in [-0.2, -0.15) is 0 Å². The number of thioether (sulfide) groups is 1. The van der Waals surface area contributed by atoms with Crippen molar-refractivity contribution in [2.45, 2.75) is 49.2 Å². The summed E-state index contributed by atoms with van der Waals surface area (Å²) in [5.74, 6) is 0.867. The molecule has 1 fully saturated rings. The summed E-state index contributed by atoms with van der Waals surface area (Å²) in [5.41, 5.74) is 0.